The van der Waals surface area contributed by atoms with Gasteiger partial charge in [-0.3, -0.25) is 5.41 Å². The van der Waals surface area contributed by atoms with E-state index >= 15 is 0 Å². The number of nitrogen functional groups attached to an aromatic ring is 1. The molecule has 2 rings (SSSR count). The van der Waals surface area contributed by atoms with Gasteiger partial charge in [-0.2, -0.15) is 0 Å². The molecule has 0 saturated carbocycles. The molecule has 0 radical (unpaired) electrons. The van der Waals surface area contributed by atoms with Crippen LogP contribution in [0.1, 0.15) is 11.1 Å². The zero-order valence-electron chi connectivity index (χ0n) is 10.2. The Morgan fingerprint density at radius 1 is 1.16 bits per heavy atom. The summed E-state index contributed by atoms with van der Waals surface area (Å²) in [5.41, 5.74) is 6.94. The van der Waals surface area contributed by atoms with Crippen LogP contribution in [0.3, 0.4) is 0 Å². The first-order valence-electron chi connectivity index (χ1n) is 5.56. The van der Waals surface area contributed by atoms with Crippen LogP contribution in [-0.2, 0) is 0 Å². The first-order chi connectivity index (χ1) is 9.00. The molecule has 0 unspecified atom stereocenters. The fourth-order valence-electron chi connectivity index (χ4n) is 1.67. The maximum Gasteiger partial charge on any atom is 0.147 e. The molecule has 0 fully saturated rings. The second-order valence-corrected chi connectivity index (χ2v) is 4.80. The van der Waals surface area contributed by atoms with E-state index in [1.54, 1.807) is 24.3 Å². The van der Waals surface area contributed by atoms with E-state index in [2.05, 4.69) is 0 Å². The molecule has 2 aromatic rings. The Kier molecular flexibility index (Phi) is 3.98. The number of amidine groups is 1. The van der Waals surface area contributed by atoms with Crippen LogP contribution in [0.5, 0.6) is 11.5 Å². The van der Waals surface area contributed by atoms with Gasteiger partial charge in [0.2, 0.25) is 0 Å². The topological polar surface area (TPSA) is 59.1 Å². The van der Waals surface area contributed by atoms with Crippen LogP contribution in [0.2, 0.25) is 10.0 Å². The van der Waals surface area contributed by atoms with Gasteiger partial charge in [-0.25, -0.2) is 0 Å². The lowest BCUT2D eigenvalue weighted by Crippen LogP contribution is -2.12. The predicted molar refractivity (Wildman–Crippen MR) is 78.7 cm³/mol. The Balaban J connectivity index is 2.49. The van der Waals surface area contributed by atoms with Crippen molar-refractivity contribution in [3.05, 3.63) is 57.6 Å². The minimum atomic E-state index is -0.0585. The average molecular weight is 295 g/mol. The van der Waals surface area contributed by atoms with Crippen molar-refractivity contribution >= 4 is 29.0 Å². The van der Waals surface area contributed by atoms with Crippen LogP contribution in [0, 0.1) is 12.3 Å². The molecule has 0 aliphatic heterocycles. The van der Waals surface area contributed by atoms with Crippen molar-refractivity contribution in [2.45, 2.75) is 6.92 Å². The summed E-state index contributed by atoms with van der Waals surface area (Å²) in [5.74, 6) is 0.891. The van der Waals surface area contributed by atoms with Crippen molar-refractivity contribution in [3.8, 4) is 11.5 Å². The van der Waals surface area contributed by atoms with Gasteiger partial charge in [0.15, 0.2) is 0 Å². The van der Waals surface area contributed by atoms with Gasteiger partial charge in [0.1, 0.15) is 22.4 Å². The van der Waals surface area contributed by atoms with Gasteiger partial charge >= 0.3 is 0 Å². The molecule has 0 aromatic heterocycles. The largest absolute Gasteiger partial charge is 0.455 e. The molecule has 19 heavy (non-hydrogen) atoms. The molecule has 2 aromatic carbocycles. The third kappa shape index (κ3) is 2.83. The Labute approximate surface area is 121 Å². The SMILES string of the molecule is Cc1cccc(C(=N)N)c1Oc1cccc(Cl)c1Cl. The molecule has 3 nitrogen and oxygen atoms in total. The van der Waals surface area contributed by atoms with Crippen LogP contribution < -0.4 is 10.5 Å². The Hall–Kier alpha value is -1.71. The molecular weight excluding hydrogens is 283 g/mol. The standard InChI is InChI=1S/C14H12Cl2N2O/c1-8-4-2-5-9(14(17)18)13(8)19-11-7-3-6-10(15)12(11)16/h2-7H,1H3,(H3,17,18). The maximum absolute atomic E-state index is 7.57. The van der Waals surface area contributed by atoms with Gasteiger partial charge in [0, 0.05) is 0 Å². The first kappa shape index (κ1) is 13.7. The molecule has 0 atom stereocenters. The highest BCUT2D eigenvalue weighted by atomic mass is 35.5. The summed E-state index contributed by atoms with van der Waals surface area (Å²) in [7, 11) is 0. The number of para-hydroxylation sites is 1. The van der Waals surface area contributed by atoms with Gasteiger partial charge in [-0.1, -0.05) is 41.4 Å². The van der Waals surface area contributed by atoms with E-state index in [1.807, 2.05) is 19.1 Å². The molecule has 0 spiro atoms. The molecule has 98 valence electrons. The van der Waals surface area contributed by atoms with Gasteiger partial charge in [0.05, 0.1) is 10.6 Å². The lowest BCUT2D eigenvalue weighted by atomic mass is 10.1. The molecular formula is C14H12Cl2N2O. The molecule has 0 saturated heterocycles. The Bertz CT molecular complexity index is 641. The van der Waals surface area contributed by atoms with Crippen molar-refractivity contribution in [2.75, 3.05) is 0 Å². The summed E-state index contributed by atoms with van der Waals surface area (Å²) in [6, 6.07) is 10.6. The molecule has 0 bridgehead atoms. The fraction of sp³-hybridized carbons (Fsp3) is 0.0714. The number of benzene rings is 2. The molecule has 3 N–H and O–H groups in total. The van der Waals surface area contributed by atoms with E-state index in [4.69, 9.17) is 39.1 Å². The summed E-state index contributed by atoms with van der Waals surface area (Å²) < 4.78 is 5.78. The van der Waals surface area contributed by atoms with Crippen LogP contribution in [0.4, 0.5) is 0 Å². The van der Waals surface area contributed by atoms with Gasteiger partial charge in [-0.15, -0.1) is 0 Å². The van der Waals surface area contributed by atoms with Crippen molar-refractivity contribution in [1.29, 1.82) is 5.41 Å². The van der Waals surface area contributed by atoms with Crippen molar-refractivity contribution in [1.82, 2.24) is 0 Å². The number of aryl methyl sites for hydroxylation is 1. The first-order valence-corrected chi connectivity index (χ1v) is 6.32. The molecule has 0 amide bonds. The number of rotatable bonds is 3. The van der Waals surface area contributed by atoms with E-state index in [9.17, 15) is 0 Å². The Morgan fingerprint density at radius 2 is 1.84 bits per heavy atom. The summed E-state index contributed by atoms with van der Waals surface area (Å²) in [5, 5.41) is 8.32. The number of nitrogens with one attached hydrogen (secondary N) is 1. The summed E-state index contributed by atoms with van der Waals surface area (Å²) in [6.07, 6.45) is 0. The normalized spacial score (nSPS) is 10.3. The number of ether oxygens (including phenoxy) is 1. The van der Waals surface area contributed by atoms with E-state index in [0.29, 0.717) is 27.1 Å². The summed E-state index contributed by atoms with van der Waals surface area (Å²) >= 11 is 12.0. The molecule has 0 aliphatic carbocycles. The van der Waals surface area contributed by atoms with E-state index in [0.717, 1.165) is 5.56 Å². The maximum atomic E-state index is 7.57. The minimum absolute atomic E-state index is 0.0585. The molecule has 0 aliphatic rings. The van der Waals surface area contributed by atoms with Crippen LogP contribution in [0.25, 0.3) is 0 Å². The van der Waals surface area contributed by atoms with Crippen LogP contribution in [0.15, 0.2) is 36.4 Å². The predicted octanol–water partition coefficient (Wildman–Crippen LogP) is 4.38. The average Bonchev–Trinajstić information content (AvgIpc) is 2.36. The highest BCUT2D eigenvalue weighted by Gasteiger charge is 2.13. The lowest BCUT2D eigenvalue weighted by molar-refractivity contribution is 0.478. The monoisotopic (exact) mass is 294 g/mol. The van der Waals surface area contributed by atoms with E-state index in [1.165, 1.54) is 0 Å². The van der Waals surface area contributed by atoms with Crippen LogP contribution in [-0.4, -0.2) is 5.84 Å². The summed E-state index contributed by atoms with van der Waals surface area (Å²) in [4.78, 5) is 0. The number of hydrogen-bond donors (Lipinski definition) is 2. The number of nitrogens with two attached hydrogens (primary N) is 1. The minimum Gasteiger partial charge on any atom is -0.455 e. The van der Waals surface area contributed by atoms with Crippen molar-refractivity contribution < 1.29 is 4.74 Å². The smallest absolute Gasteiger partial charge is 0.147 e. The van der Waals surface area contributed by atoms with E-state index < -0.39 is 0 Å². The summed E-state index contributed by atoms with van der Waals surface area (Å²) in [6.45, 7) is 1.88. The quantitative estimate of drug-likeness (QED) is 0.652. The van der Waals surface area contributed by atoms with Gasteiger partial charge < -0.3 is 10.5 Å². The van der Waals surface area contributed by atoms with Crippen molar-refractivity contribution in [3.63, 3.8) is 0 Å². The highest BCUT2D eigenvalue weighted by molar-refractivity contribution is 6.42. The second-order valence-electron chi connectivity index (χ2n) is 4.02. The third-order valence-corrected chi connectivity index (χ3v) is 3.43. The zero-order valence-corrected chi connectivity index (χ0v) is 11.7. The second kappa shape index (κ2) is 5.51. The van der Waals surface area contributed by atoms with Crippen LogP contribution >= 0.6 is 23.2 Å². The highest BCUT2D eigenvalue weighted by Crippen LogP contribution is 2.36. The number of hydrogen-bond acceptors (Lipinski definition) is 2. The van der Waals surface area contributed by atoms with E-state index in [-0.39, 0.29) is 5.84 Å². The van der Waals surface area contributed by atoms with Gasteiger partial charge in [0.25, 0.3) is 0 Å². The fourth-order valence-corrected chi connectivity index (χ4v) is 2.00. The molecule has 0 heterocycles. The van der Waals surface area contributed by atoms with Crippen molar-refractivity contribution in [2.24, 2.45) is 5.73 Å². The zero-order chi connectivity index (χ0) is 14.0. The lowest BCUT2D eigenvalue weighted by Gasteiger charge is -2.14. The third-order valence-electron chi connectivity index (χ3n) is 2.63. The van der Waals surface area contributed by atoms with Gasteiger partial charge in [-0.05, 0) is 30.7 Å². The number of halogens is 2. The Morgan fingerprint density at radius 3 is 2.53 bits per heavy atom. The molecule has 5 heteroatoms.